The molecular formula is C17H25ClN2O2. The molecule has 0 bridgehead atoms. The van der Waals surface area contributed by atoms with Crippen LogP contribution in [0.4, 0.5) is 5.69 Å². The number of amides is 2. The molecule has 4 nitrogen and oxygen atoms in total. The first kappa shape index (κ1) is 18.5. The molecule has 122 valence electrons. The summed E-state index contributed by atoms with van der Waals surface area (Å²) in [5.41, 5.74) is 1.68. The number of hydrogen-bond acceptors (Lipinski definition) is 2. The Labute approximate surface area is 137 Å². The van der Waals surface area contributed by atoms with E-state index in [9.17, 15) is 9.59 Å². The van der Waals surface area contributed by atoms with E-state index in [1.807, 2.05) is 19.1 Å². The van der Waals surface area contributed by atoms with Crippen LogP contribution in [0.25, 0.3) is 0 Å². The molecule has 0 saturated heterocycles. The van der Waals surface area contributed by atoms with Crippen molar-refractivity contribution in [2.45, 2.75) is 40.5 Å². The third-order valence-electron chi connectivity index (χ3n) is 3.45. The number of carbonyl (C=O) groups excluding carboxylic acids is 2. The van der Waals surface area contributed by atoms with Gasteiger partial charge in [0.2, 0.25) is 11.8 Å². The monoisotopic (exact) mass is 324 g/mol. The predicted octanol–water partition coefficient (Wildman–Crippen LogP) is 3.55. The number of halogens is 1. The van der Waals surface area contributed by atoms with Gasteiger partial charge in [0.05, 0.1) is 0 Å². The van der Waals surface area contributed by atoms with E-state index in [1.165, 1.54) is 6.92 Å². The molecule has 0 aliphatic carbocycles. The van der Waals surface area contributed by atoms with E-state index >= 15 is 0 Å². The second kappa shape index (κ2) is 8.79. The van der Waals surface area contributed by atoms with Crippen LogP contribution in [0, 0.1) is 12.8 Å². The Morgan fingerprint density at radius 2 is 2.00 bits per heavy atom. The smallest absolute Gasteiger partial charge is 0.223 e. The minimum absolute atomic E-state index is 0.0369. The van der Waals surface area contributed by atoms with Gasteiger partial charge >= 0.3 is 0 Å². The summed E-state index contributed by atoms with van der Waals surface area (Å²) in [6.07, 6.45) is 1.24. The quantitative estimate of drug-likeness (QED) is 0.833. The van der Waals surface area contributed by atoms with E-state index in [-0.39, 0.29) is 18.2 Å². The highest BCUT2D eigenvalue weighted by Crippen LogP contribution is 2.23. The molecule has 0 radical (unpaired) electrons. The van der Waals surface area contributed by atoms with Gasteiger partial charge in [-0.05, 0) is 37.0 Å². The van der Waals surface area contributed by atoms with Crippen molar-refractivity contribution in [1.29, 1.82) is 0 Å². The van der Waals surface area contributed by atoms with Crippen LogP contribution in [-0.4, -0.2) is 24.9 Å². The highest BCUT2D eigenvalue weighted by molar-refractivity contribution is 6.31. The summed E-state index contributed by atoms with van der Waals surface area (Å²) in [6.45, 7) is 8.65. The fourth-order valence-corrected chi connectivity index (χ4v) is 2.19. The van der Waals surface area contributed by atoms with Crippen LogP contribution in [0.5, 0.6) is 0 Å². The van der Waals surface area contributed by atoms with Crippen LogP contribution < -0.4 is 10.2 Å². The molecular weight excluding hydrogens is 300 g/mol. The van der Waals surface area contributed by atoms with Gasteiger partial charge in [-0.25, -0.2) is 0 Å². The molecule has 5 heteroatoms. The molecule has 0 aromatic heterocycles. The Kier molecular flexibility index (Phi) is 7.39. The Balaban J connectivity index is 2.60. The minimum atomic E-state index is -0.102. The zero-order chi connectivity index (χ0) is 16.7. The zero-order valence-corrected chi connectivity index (χ0v) is 14.5. The third kappa shape index (κ3) is 6.06. The van der Waals surface area contributed by atoms with Crippen LogP contribution in [-0.2, 0) is 9.59 Å². The lowest BCUT2D eigenvalue weighted by molar-refractivity contribution is -0.121. The maximum absolute atomic E-state index is 11.8. The SMILES string of the molecule is CC(=O)N(CCC(=O)NCCC(C)C)c1ccc(C)c(Cl)c1. The van der Waals surface area contributed by atoms with Crippen LogP contribution >= 0.6 is 11.6 Å². The molecule has 1 N–H and O–H groups in total. The molecule has 0 heterocycles. The topological polar surface area (TPSA) is 49.4 Å². The number of aryl methyl sites for hydroxylation is 1. The molecule has 0 aliphatic heterocycles. The van der Waals surface area contributed by atoms with Gasteiger partial charge in [0.15, 0.2) is 0 Å². The molecule has 1 rings (SSSR count). The van der Waals surface area contributed by atoms with E-state index in [4.69, 9.17) is 11.6 Å². The first-order chi connectivity index (χ1) is 10.3. The largest absolute Gasteiger partial charge is 0.356 e. The summed E-state index contributed by atoms with van der Waals surface area (Å²) in [7, 11) is 0. The second-order valence-electron chi connectivity index (χ2n) is 5.89. The molecule has 0 saturated carbocycles. The molecule has 0 unspecified atom stereocenters. The Morgan fingerprint density at radius 1 is 1.32 bits per heavy atom. The molecule has 0 fully saturated rings. The van der Waals surface area contributed by atoms with Crippen molar-refractivity contribution in [2.75, 3.05) is 18.0 Å². The average molecular weight is 325 g/mol. The molecule has 0 aliphatic rings. The number of carbonyl (C=O) groups is 2. The zero-order valence-electron chi connectivity index (χ0n) is 13.8. The van der Waals surface area contributed by atoms with Crippen LogP contribution in [0.1, 0.15) is 39.2 Å². The standard InChI is InChI=1S/C17H25ClN2O2/c1-12(2)7-9-19-17(22)8-10-20(14(4)21)15-6-5-13(3)16(18)11-15/h5-6,11-12H,7-10H2,1-4H3,(H,19,22). The molecule has 0 spiro atoms. The van der Waals surface area contributed by atoms with Crippen molar-refractivity contribution in [3.05, 3.63) is 28.8 Å². The maximum atomic E-state index is 11.8. The van der Waals surface area contributed by atoms with Gasteiger partial charge in [-0.1, -0.05) is 31.5 Å². The summed E-state index contributed by atoms with van der Waals surface area (Å²) in [6, 6.07) is 5.48. The normalized spacial score (nSPS) is 10.6. The fraction of sp³-hybridized carbons (Fsp3) is 0.529. The van der Waals surface area contributed by atoms with E-state index < -0.39 is 0 Å². The highest BCUT2D eigenvalue weighted by atomic mass is 35.5. The Morgan fingerprint density at radius 3 is 2.55 bits per heavy atom. The van der Waals surface area contributed by atoms with Crippen LogP contribution in [0.2, 0.25) is 5.02 Å². The lowest BCUT2D eigenvalue weighted by atomic mass is 10.1. The number of nitrogens with zero attached hydrogens (tertiary/aromatic N) is 1. The van der Waals surface area contributed by atoms with Gasteiger partial charge in [0.25, 0.3) is 0 Å². The Bertz CT molecular complexity index is 529. The van der Waals surface area contributed by atoms with Crippen molar-refractivity contribution in [2.24, 2.45) is 5.92 Å². The van der Waals surface area contributed by atoms with Gasteiger partial charge in [0, 0.05) is 37.1 Å². The lowest BCUT2D eigenvalue weighted by Gasteiger charge is -2.21. The van der Waals surface area contributed by atoms with Crippen molar-refractivity contribution in [3.8, 4) is 0 Å². The first-order valence-electron chi connectivity index (χ1n) is 7.62. The van der Waals surface area contributed by atoms with E-state index in [1.54, 1.807) is 11.0 Å². The number of rotatable bonds is 7. The van der Waals surface area contributed by atoms with Gasteiger partial charge in [-0.3, -0.25) is 9.59 Å². The van der Waals surface area contributed by atoms with Gasteiger partial charge in [-0.2, -0.15) is 0 Å². The van der Waals surface area contributed by atoms with Crippen LogP contribution in [0.3, 0.4) is 0 Å². The summed E-state index contributed by atoms with van der Waals surface area (Å²) < 4.78 is 0. The van der Waals surface area contributed by atoms with Crippen LogP contribution in [0.15, 0.2) is 18.2 Å². The third-order valence-corrected chi connectivity index (χ3v) is 3.86. The molecule has 0 atom stereocenters. The number of benzene rings is 1. The van der Waals surface area contributed by atoms with Gasteiger partial charge < -0.3 is 10.2 Å². The van der Waals surface area contributed by atoms with Gasteiger partial charge in [-0.15, -0.1) is 0 Å². The second-order valence-corrected chi connectivity index (χ2v) is 6.29. The van der Waals surface area contributed by atoms with Crippen molar-refractivity contribution in [3.63, 3.8) is 0 Å². The molecule has 1 aromatic rings. The van der Waals surface area contributed by atoms with E-state index in [2.05, 4.69) is 19.2 Å². The van der Waals surface area contributed by atoms with E-state index in [0.29, 0.717) is 24.0 Å². The lowest BCUT2D eigenvalue weighted by Crippen LogP contribution is -2.34. The minimum Gasteiger partial charge on any atom is -0.356 e. The number of nitrogens with one attached hydrogen (secondary N) is 1. The predicted molar refractivity (Wildman–Crippen MR) is 91.3 cm³/mol. The Hall–Kier alpha value is -1.55. The van der Waals surface area contributed by atoms with E-state index in [0.717, 1.165) is 17.7 Å². The van der Waals surface area contributed by atoms with Gasteiger partial charge in [0.1, 0.15) is 0 Å². The maximum Gasteiger partial charge on any atom is 0.223 e. The average Bonchev–Trinajstić information content (AvgIpc) is 2.42. The first-order valence-corrected chi connectivity index (χ1v) is 8.00. The van der Waals surface area contributed by atoms with Crippen molar-refractivity contribution >= 4 is 29.1 Å². The molecule has 1 aromatic carbocycles. The van der Waals surface area contributed by atoms with Crippen molar-refractivity contribution in [1.82, 2.24) is 5.32 Å². The molecule has 2 amide bonds. The van der Waals surface area contributed by atoms with Crippen molar-refractivity contribution < 1.29 is 9.59 Å². The summed E-state index contributed by atoms with van der Waals surface area (Å²) in [4.78, 5) is 25.2. The summed E-state index contributed by atoms with van der Waals surface area (Å²) in [5, 5.41) is 3.49. The fourth-order valence-electron chi connectivity index (χ4n) is 2.02. The number of anilines is 1. The summed E-state index contributed by atoms with van der Waals surface area (Å²) in [5.74, 6) is 0.420. The summed E-state index contributed by atoms with van der Waals surface area (Å²) >= 11 is 6.11. The highest BCUT2D eigenvalue weighted by Gasteiger charge is 2.14. The number of hydrogen-bond donors (Lipinski definition) is 1. The molecule has 22 heavy (non-hydrogen) atoms.